The van der Waals surface area contributed by atoms with Crippen LogP contribution in [0.3, 0.4) is 0 Å². The number of hydrogen-bond acceptors (Lipinski definition) is 4. The molecule has 11 heavy (non-hydrogen) atoms. The summed E-state index contributed by atoms with van der Waals surface area (Å²) >= 11 is 0. The lowest BCUT2D eigenvalue weighted by Gasteiger charge is -2.09. The number of ether oxygens (including phenoxy) is 1. The molecular weight excluding hydrogens is 146 g/mol. The molecule has 0 amide bonds. The van der Waals surface area contributed by atoms with Crippen molar-refractivity contribution < 1.29 is 14.6 Å². The van der Waals surface area contributed by atoms with Crippen molar-refractivity contribution in [3.8, 4) is 0 Å². The van der Waals surface area contributed by atoms with Crippen LogP contribution in [0.2, 0.25) is 0 Å². The maximum atomic E-state index is 8.95. The summed E-state index contributed by atoms with van der Waals surface area (Å²) in [6.45, 7) is 4.51. The van der Waals surface area contributed by atoms with E-state index in [-0.39, 0.29) is 6.61 Å². The third-order valence-electron chi connectivity index (χ3n) is 1.12. The fourth-order valence-corrected chi connectivity index (χ4v) is 0.329. The predicted octanol–water partition coefficient (Wildman–Crippen LogP) is -0.280. The van der Waals surface area contributed by atoms with Crippen LogP contribution in [0.4, 0.5) is 0 Å². The molecule has 0 aliphatic heterocycles. The minimum atomic E-state index is 0.268. The Kier molecular flexibility index (Phi) is 14.3. The van der Waals surface area contributed by atoms with Gasteiger partial charge < -0.3 is 14.7 Å². The van der Waals surface area contributed by atoms with Gasteiger partial charge in [-0.15, -0.1) is 0 Å². The normalized spacial score (nSPS) is 8.45. The Balaban J connectivity index is 0. The second kappa shape index (κ2) is 12.1. The molecule has 0 aromatic rings. The molecule has 0 atom stereocenters. The lowest BCUT2D eigenvalue weighted by molar-refractivity contribution is -0.126. The van der Waals surface area contributed by atoms with Crippen LogP contribution >= 0.6 is 0 Å². The van der Waals surface area contributed by atoms with E-state index in [0.717, 1.165) is 13.1 Å². The molecule has 0 fully saturated rings. The number of likely N-dealkylation sites (N-methyl/N-ethyl adjacent to an activating group) is 1. The fourth-order valence-electron chi connectivity index (χ4n) is 0.329. The minimum absolute atomic E-state index is 0.268. The molecule has 0 aromatic carbocycles. The van der Waals surface area contributed by atoms with E-state index in [0.29, 0.717) is 6.47 Å². The molecule has 0 unspecified atom stereocenters. The third-order valence-corrected chi connectivity index (χ3v) is 1.12. The Morgan fingerprint density at radius 2 is 2.09 bits per heavy atom. The zero-order chi connectivity index (χ0) is 9.11. The van der Waals surface area contributed by atoms with Crippen molar-refractivity contribution in [1.82, 2.24) is 4.90 Å². The molecule has 4 nitrogen and oxygen atoms in total. The molecule has 0 bridgehead atoms. The van der Waals surface area contributed by atoms with Crippen LogP contribution in [-0.2, 0) is 9.53 Å². The predicted molar refractivity (Wildman–Crippen MR) is 43.3 cm³/mol. The zero-order valence-electron chi connectivity index (χ0n) is 7.41. The lowest BCUT2D eigenvalue weighted by atomic mass is 10.6. The summed E-state index contributed by atoms with van der Waals surface area (Å²) in [4.78, 5) is 11.0. The van der Waals surface area contributed by atoms with E-state index in [2.05, 4.69) is 16.6 Å². The molecule has 0 aromatic heterocycles. The Labute approximate surface area is 67.8 Å². The van der Waals surface area contributed by atoms with Gasteiger partial charge in [0.1, 0.15) is 0 Å². The number of rotatable bonds is 4. The standard InChI is InChI=1S/C5H13NO.C2H4O2/c1-3-6(2)4-5-7;1-4-2-3/h7H,3-5H2,1-2H3;2H,1H3. The van der Waals surface area contributed by atoms with Crippen molar-refractivity contribution in [2.24, 2.45) is 0 Å². The lowest BCUT2D eigenvalue weighted by Crippen LogP contribution is -2.20. The summed E-state index contributed by atoms with van der Waals surface area (Å²) in [6.07, 6.45) is 0. The number of methoxy groups -OCH3 is 1. The van der Waals surface area contributed by atoms with Crippen LogP contribution in [0.1, 0.15) is 6.92 Å². The average Bonchev–Trinajstić information content (AvgIpc) is 2.05. The molecule has 0 spiro atoms. The highest BCUT2D eigenvalue weighted by Crippen LogP contribution is 1.75. The van der Waals surface area contributed by atoms with E-state index in [1.54, 1.807) is 0 Å². The van der Waals surface area contributed by atoms with Gasteiger partial charge in [0.15, 0.2) is 0 Å². The SMILES string of the molecule is CCN(C)CCO.COC=O. The van der Waals surface area contributed by atoms with E-state index >= 15 is 0 Å². The van der Waals surface area contributed by atoms with Gasteiger partial charge in [0.2, 0.25) is 0 Å². The number of nitrogens with zero attached hydrogens (tertiary/aromatic N) is 1. The summed E-state index contributed by atoms with van der Waals surface area (Å²) in [6, 6.07) is 0. The van der Waals surface area contributed by atoms with Gasteiger partial charge in [-0.1, -0.05) is 6.92 Å². The van der Waals surface area contributed by atoms with Gasteiger partial charge >= 0.3 is 0 Å². The van der Waals surface area contributed by atoms with Crippen LogP contribution in [-0.4, -0.2) is 50.3 Å². The van der Waals surface area contributed by atoms with E-state index in [9.17, 15) is 0 Å². The van der Waals surface area contributed by atoms with Crippen LogP contribution < -0.4 is 0 Å². The van der Waals surface area contributed by atoms with E-state index in [1.165, 1.54) is 7.11 Å². The first-order valence-corrected chi connectivity index (χ1v) is 3.48. The van der Waals surface area contributed by atoms with E-state index < -0.39 is 0 Å². The molecule has 4 heteroatoms. The number of aliphatic hydroxyl groups excluding tert-OH is 1. The summed E-state index contributed by atoms with van der Waals surface area (Å²) < 4.78 is 3.86. The number of carbonyl (C=O) groups excluding carboxylic acids is 1. The first-order chi connectivity index (χ1) is 5.22. The van der Waals surface area contributed by atoms with Gasteiger partial charge in [0.25, 0.3) is 6.47 Å². The van der Waals surface area contributed by atoms with Gasteiger partial charge in [-0.3, -0.25) is 4.79 Å². The molecule has 0 saturated carbocycles. The van der Waals surface area contributed by atoms with Crippen molar-refractivity contribution in [2.45, 2.75) is 6.92 Å². The molecule has 0 heterocycles. The second-order valence-electron chi connectivity index (χ2n) is 1.95. The smallest absolute Gasteiger partial charge is 0.292 e. The van der Waals surface area contributed by atoms with E-state index in [4.69, 9.17) is 9.90 Å². The topological polar surface area (TPSA) is 49.8 Å². The van der Waals surface area contributed by atoms with Crippen LogP contribution in [0, 0.1) is 0 Å². The molecular formula is C7H17NO3. The fraction of sp³-hybridized carbons (Fsp3) is 0.857. The number of hydrogen-bond donors (Lipinski definition) is 1. The maximum Gasteiger partial charge on any atom is 0.292 e. The van der Waals surface area contributed by atoms with Crippen molar-refractivity contribution in [2.75, 3.05) is 33.9 Å². The van der Waals surface area contributed by atoms with Gasteiger partial charge in [0.05, 0.1) is 13.7 Å². The van der Waals surface area contributed by atoms with Crippen molar-refractivity contribution in [3.05, 3.63) is 0 Å². The van der Waals surface area contributed by atoms with Gasteiger partial charge in [-0.25, -0.2) is 0 Å². The molecule has 68 valence electrons. The Morgan fingerprint density at radius 1 is 1.64 bits per heavy atom. The first-order valence-electron chi connectivity index (χ1n) is 3.48. The Bertz CT molecular complexity index is 78.1. The summed E-state index contributed by atoms with van der Waals surface area (Å²) in [5.41, 5.74) is 0. The first kappa shape index (κ1) is 13.0. The quantitative estimate of drug-likeness (QED) is 0.579. The monoisotopic (exact) mass is 163 g/mol. The highest BCUT2D eigenvalue weighted by atomic mass is 16.5. The van der Waals surface area contributed by atoms with Crippen molar-refractivity contribution >= 4 is 6.47 Å². The Morgan fingerprint density at radius 3 is 2.18 bits per heavy atom. The highest BCUT2D eigenvalue weighted by Gasteiger charge is 1.87. The van der Waals surface area contributed by atoms with Crippen LogP contribution in [0.5, 0.6) is 0 Å². The second-order valence-corrected chi connectivity index (χ2v) is 1.95. The average molecular weight is 163 g/mol. The van der Waals surface area contributed by atoms with Crippen LogP contribution in [0.25, 0.3) is 0 Å². The van der Waals surface area contributed by atoms with Crippen molar-refractivity contribution in [3.63, 3.8) is 0 Å². The summed E-state index contributed by atoms with van der Waals surface area (Å²) in [7, 11) is 3.29. The van der Waals surface area contributed by atoms with Gasteiger partial charge in [-0.2, -0.15) is 0 Å². The van der Waals surface area contributed by atoms with E-state index in [1.807, 2.05) is 7.05 Å². The molecule has 0 radical (unpaired) electrons. The molecule has 1 N–H and O–H groups in total. The minimum Gasteiger partial charge on any atom is -0.471 e. The molecule has 0 rings (SSSR count). The summed E-state index contributed by atoms with van der Waals surface area (Å²) in [5, 5.41) is 8.33. The third kappa shape index (κ3) is 17.7. The molecule has 0 aliphatic rings. The van der Waals surface area contributed by atoms with Gasteiger partial charge in [0, 0.05) is 6.54 Å². The zero-order valence-corrected chi connectivity index (χ0v) is 7.41. The van der Waals surface area contributed by atoms with Crippen LogP contribution in [0.15, 0.2) is 0 Å². The maximum absolute atomic E-state index is 8.95. The van der Waals surface area contributed by atoms with Gasteiger partial charge in [-0.05, 0) is 13.6 Å². The van der Waals surface area contributed by atoms with Crippen molar-refractivity contribution in [1.29, 1.82) is 0 Å². The highest BCUT2D eigenvalue weighted by molar-refractivity contribution is 5.36. The molecule has 0 aliphatic carbocycles. The molecule has 0 saturated heterocycles. The summed E-state index contributed by atoms with van der Waals surface area (Å²) in [5.74, 6) is 0. The largest absolute Gasteiger partial charge is 0.471 e. The number of aliphatic hydroxyl groups is 1. The number of carbonyl (C=O) groups is 1. The Hall–Kier alpha value is -0.610.